The molecule has 0 amide bonds. The second kappa shape index (κ2) is 8.22. The third kappa shape index (κ3) is 9.52. The van der Waals surface area contributed by atoms with Gasteiger partial charge in [-0.15, -0.1) is 0 Å². The Morgan fingerprint density at radius 2 is 2.15 bits per heavy atom. The van der Waals surface area contributed by atoms with Crippen LogP contribution in [0.15, 0.2) is 0 Å². The van der Waals surface area contributed by atoms with Crippen LogP contribution in [0.5, 0.6) is 0 Å². The Bertz CT molecular complexity index is 141. The zero-order valence-electron chi connectivity index (χ0n) is 8.30. The first kappa shape index (κ1) is 12.6. The van der Waals surface area contributed by atoms with Gasteiger partial charge in [-0.2, -0.15) is 0 Å². The highest BCUT2D eigenvalue weighted by atomic mass is 32.1. The standard InChI is InChI=1S/C8H19N3OS/c1-7(2)3-5-12-6-4-10-8(13)11-9/h7H,3-6,9H2,1-2H3,(H2,10,11,13). The Hall–Kier alpha value is -0.390. The third-order valence-corrected chi connectivity index (χ3v) is 1.76. The van der Waals surface area contributed by atoms with Gasteiger partial charge in [0, 0.05) is 13.2 Å². The fourth-order valence-electron chi connectivity index (χ4n) is 0.709. The Morgan fingerprint density at radius 1 is 1.46 bits per heavy atom. The minimum absolute atomic E-state index is 0.451. The van der Waals surface area contributed by atoms with Crippen LogP contribution in [0.3, 0.4) is 0 Å². The molecular formula is C8H19N3OS. The number of hydrazine groups is 1. The van der Waals surface area contributed by atoms with E-state index in [1.165, 1.54) is 0 Å². The molecular weight excluding hydrogens is 186 g/mol. The van der Waals surface area contributed by atoms with E-state index in [9.17, 15) is 0 Å². The highest BCUT2D eigenvalue weighted by Crippen LogP contribution is 1.97. The Morgan fingerprint density at radius 3 is 2.69 bits per heavy atom. The Balaban J connectivity index is 3.04. The maximum atomic E-state index is 5.35. The number of hydrogen-bond donors (Lipinski definition) is 3. The van der Waals surface area contributed by atoms with Crippen LogP contribution in [0.25, 0.3) is 0 Å². The molecule has 4 N–H and O–H groups in total. The van der Waals surface area contributed by atoms with Crippen LogP contribution in [0.4, 0.5) is 0 Å². The molecule has 0 radical (unpaired) electrons. The summed E-state index contributed by atoms with van der Waals surface area (Å²) in [6, 6.07) is 0. The molecule has 0 aromatic carbocycles. The minimum atomic E-state index is 0.451. The molecule has 0 aromatic rings. The van der Waals surface area contributed by atoms with Gasteiger partial charge in [0.2, 0.25) is 0 Å². The van der Waals surface area contributed by atoms with Crippen LogP contribution >= 0.6 is 12.2 Å². The summed E-state index contributed by atoms with van der Waals surface area (Å²) in [5, 5.41) is 3.34. The van der Waals surface area contributed by atoms with Crippen molar-refractivity contribution in [2.45, 2.75) is 20.3 Å². The van der Waals surface area contributed by atoms with Gasteiger partial charge in [-0.1, -0.05) is 13.8 Å². The number of ether oxygens (including phenoxy) is 1. The van der Waals surface area contributed by atoms with Gasteiger partial charge >= 0.3 is 0 Å². The smallest absolute Gasteiger partial charge is 0.180 e. The van der Waals surface area contributed by atoms with Gasteiger partial charge in [0.25, 0.3) is 0 Å². The molecule has 0 aliphatic carbocycles. The molecule has 0 unspecified atom stereocenters. The molecule has 4 nitrogen and oxygen atoms in total. The van der Waals surface area contributed by atoms with E-state index in [1.807, 2.05) is 0 Å². The average molecular weight is 205 g/mol. The predicted molar refractivity (Wildman–Crippen MR) is 58.2 cm³/mol. The van der Waals surface area contributed by atoms with E-state index < -0.39 is 0 Å². The lowest BCUT2D eigenvalue weighted by molar-refractivity contribution is 0.128. The molecule has 0 bridgehead atoms. The molecule has 5 heteroatoms. The fourth-order valence-corrected chi connectivity index (χ4v) is 0.811. The van der Waals surface area contributed by atoms with Crippen molar-refractivity contribution < 1.29 is 4.74 Å². The number of rotatable bonds is 6. The van der Waals surface area contributed by atoms with E-state index in [4.69, 9.17) is 22.8 Å². The van der Waals surface area contributed by atoms with Crippen LogP contribution < -0.4 is 16.6 Å². The van der Waals surface area contributed by atoms with Crippen molar-refractivity contribution in [3.8, 4) is 0 Å². The maximum absolute atomic E-state index is 5.35. The van der Waals surface area contributed by atoms with Crippen molar-refractivity contribution in [3.05, 3.63) is 0 Å². The summed E-state index contributed by atoms with van der Waals surface area (Å²) in [6.07, 6.45) is 1.10. The number of nitrogens with one attached hydrogen (secondary N) is 2. The summed E-state index contributed by atoms with van der Waals surface area (Å²) in [5.74, 6) is 5.75. The highest BCUT2D eigenvalue weighted by molar-refractivity contribution is 7.80. The summed E-state index contributed by atoms with van der Waals surface area (Å²) in [6.45, 7) is 6.52. The summed E-state index contributed by atoms with van der Waals surface area (Å²) in [7, 11) is 0. The van der Waals surface area contributed by atoms with Gasteiger partial charge in [0.15, 0.2) is 5.11 Å². The lowest BCUT2D eigenvalue weighted by Gasteiger charge is -2.08. The van der Waals surface area contributed by atoms with Crippen molar-refractivity contribution in [2.75, 3.05) is 19.8 Å². The van der Waals surface area contributed by atoms with E-state index in [1.54, 1.807) is 0 Å². The summed E-state index contributed by atoms with van der Waals surface area (Å²) in [4.78, 5) is 0. The fraction of sp³-hybridized carbons (Fsp3) is 0.875. The number of hydrogen-bond acceptors (Lipinski definition) is 3. The third-order valence-electron chi connectivity index (χ3n) is 1.50. The normalized spacial score (nSPS) is 10.2. The zero-order valence-corrected chi connectivity index (χ0v) is 9.12. The van der Waals surface area contributed by atoms with E-state index in [-0.39, 0.29) is 0 Å². The molecule has 13 heavy (non-hydrogen) atoms. The SMILES string of the molecule is CC(C)CCOCCNC(=S)NN. The molecule has 78 valence electrons. The molecule has 0 heterocycles. The quantitative estimate of drug-likeness (QED) is 0.253. The zero-order chi connectivity index (χ0) is 10.1. The predicted octanol–water partition coefficient (Wildman–Crippen LogP) is 0.387. The molecule has 0 saturated heterocycles. The van der Waals surface area contributed by atoms with Crippen molar-refractivity contribution in [1.82, 2.24) is 10.7 Å². The van der Waals surface area contributed by atoms with Crippen LogP contribution in [-0.4, -0.2) is 24.9 Å². The number of nitrogens with two attached hydrogens (primary N) is 1. The number of thiocarbonyl (C=S) groups is 1. The molecule has 0 atom stereocenters. The molecule has 0 aliphatic rings. The van der Waals surface area contributed by atoms with Crippen LogP contribution in [0.2, 0.25) is 0 Å². The van der Waals surface area contributed by atoms with Gasteiger partial charge in [-0.05, 0) is 24.6 Å². The van der Waals surface area contributed by atoms with Crippen molar-refractivity contribution in [2.24, 2.45) is 11.8 Å². The molecule has 0 aliphatic heterocycles. The molecule has 0 spiro atoms. The molecule has 0 rings (SSSR count). The first-order valence-corrected chi connectivity index (χ1v) is 4.89. The van der Waals surface area contributed by atoms with Crippen LogP contribution in [0.1, 0.15) is 20.3 Å². The second-order valence-corrected chi connectivity index (χ2v) is 3.60. The summed E-state index contributed by atoms with van der Waals surface area (Å²) in [5.41, 5.74) is 2.34. The van der Waals surface area contributed by atoms with Gasteiger partial charge < -0.3 is 15.5 Å². The molecule has 0 saturated carbocycles. The molecule has 0 aromatic heterocycles. The second-order valence-electron chi connectivity index (χ2n) is 3.20. The van der Waals surface area contributed by atoms with E-state index >= 15 is 0 Å². The first-order valence-electron chi connectivity index (χ1n) is 4.49. The largest absolute Gasteiger partial charge is 0.380 e. The van der Waals surface area contributed by atoms with Crippen LogP contribution in [0, 0.1) is 5.92 Å². The Labute approximate surface area is 85.2 Å². The van der Waals surface area contributed by atoms with Crippen molar-refractivity contribution in [3.63, 3.8) is 0 Å². The highest BCUT2D eigenvalue weighted by Gasteiger charge is 1.94. The monoisotopic (exact) mass is 205 g/mol. The lowest BCUT2D eigenvalue weighted by atomic mass is 10.1. The summed E-state index contributed by atoms with van der Waals surface area (Å²) < 4.78 is 5.35. The van der Waals surface area contributed by atoms with Gasteiger partial charge in [-0.25, -0.2) is 5.84 Å². The minimum Gasteiger partial charge on any atom is -0.380 e. The van der Waals surface area contributed by atoms with E-state index in [0.29, 0.717) is 24.2 Å². The van der Waals surface area contributed by atoms with E-state index in [2.05, 4.69) is 24.6 Å². The van der Waals surface area contributed by atoms with Gasteiger partial charge in [0.05, 0.1) is 6.61 Å². The summed E-state index contributed by atoms with van der Waals surface area (Å²) >= 11 is 4.77. The lowest BCUT2D eigenvalue weighted by Crippen LogP contribution is -2.40. The van der Waals surface area contributed by atoms with Crippen molar-refractivity contribution >= 4 is 17.3 Å². The molecule has 0 fully saturated rings. The maximum Gasteiger partial charge on any atom is 0.180 e. The van der Waals surface area contributed by atoms with Crippen LogP contribution in [-0.2, 0) is 4.74 Å². The van der Waals surface area contributed by atoms with E-state index in [0.717, 1.165) is 13.0 Å². The van der Waals surface area contributed by atoms with Gasteiger partial charge in [-0.3, -0.25) is 0 Å². The van der Waals surface area contributed by atoms with Gasteiger partial charge in [0.1, 0.15) is 0 Å². The average Bonchev–Trinajstić information content (AvgIpc) is 2.10. The Kier molecular flexibility index (Phi) is 7.97. The van der Waals surface area contributed by atoms with Crippen molar-refractivity contribution in [1.29, 1.82) is 0 Å². The topological polar surface area (TPSA) is 59.3 Å². The first-order chi connectivity index (χ1) is 6.16.